The first-order valence-corrected chi connectivity index (χ1v) is 7.97. The highest BCUT2D eigenvalue weighted by Crippen LogP contribution is 2.26. The van der Waals surface area contributed by atoms with Gasteiger partial charge in [-0.2, -0.15) is 0 Å². The number of hydrogen-bond acceptors (Lipinski definition) is 3. The van der Waals surface area contributed by atoms with E-state index < -0.39 is 10.0 Å². The second-order valence-corrected chi connectivity index (χ2v) is 6.99. The van der Waals surface area contributed by atoms with Gasteiger partial charge >= 0.3 is 0 Å². The minimum absolute atomic E-state index is 0.00928. The van der Waals surface area contributed by atoms with Gasteiger partial charge < -0.3 is 0 Å². The van der Waals surface area contributed by atoms with Gasteiger partial charge in [0.15, 0.2) is 0 Å². The number of sulfonamides is 1. The Morgan fingerprint density at radius 3 is 2.89 bits per heavy atom. The summed E-state index contributed by atoms with van der Waals surface area (Å²) in [5.74, 6) is 0.566. The summed E-state index contributed by atoms with van der Waals surface area (Å²) >= 11 is 5.90. The molecule has 1 N–H and O–H groups in total. The van der Waals surface area contributed by atoms with Crippen molar-refractivity contribution >= 4 is 21.6 Å². The summed E-state index contributed by atoms with van der Waals surface area (Å²) in [7, 11) is -3.56. The molecule has 0 amide bonds. The predicted octanol–water partition coefficient (Wildman–Crippen LogP) is 2.59. The lowest BCUT2D eigenvalue weighted by Gasteiger charge is -2.27. The van der Waals surface area contributed by atoms with E-state index >= 15 is 0 Å². The van der Waals surface area contributed by atoms with E-state index in [2.05, 4.69) is 16.6 Å². The average molecular weight is 289 g/mol. The Kier molecular flexibility index (Phi) is 4.25. The zero-order valence-electron chi connectivity index (χ0n) is 10.3. The van der Waals surface area contributed by atoms with Crippen LogP contribution < -0.4 is 4.72 Å². The molecule has 1 saturated carbocycles. The van der Waals surface area contributed by atoms with Crippen LogP contribution in [0.2, 0.25) is 5.02 Å². The maximum atomic E-state index is 12.2. The van der Waals surface area contributed by atoms with Gasteiger partial charge in [0.05, 0.1) is 5.02 Å². The van der Waals surface area contributed by atoms with Crippen molar-refractivity contribution in [3.05, 3.63) is 23.5 Å². The van der Waals surface area contributed by atoms with Crippen LogP contribution in [0.25, 0.3) is 0 Å². The van der Waals surface area contributed by atoms with Crippen molar-refractivity contribution < 1.29 is 8.42 Å². The smallest absolute Gasteiger partial charge is 0.243 e. The second-order valence-electron chi connectivity index (χ2n) is 4.90. The fourth-order valence-electron chi connectivity index (χ4n) is 2.38. The van der Waals surface area contributed by atoms with E-state index in [9.17, 15) is 8.42 Å². The minimum atomic E-state index is -3.56. The summed E-state index contributed by atoms with van der Waals surface area (Å²) in [5.41, 5.74) is 0. The fourth-order valence-corrected chi connectivity index (χ4v) is 4.10. The van der Waals surface area contributed by atoms with Gasteiger partial charge in [0, 0.05) is 18.4 Å². The van der Waals surface area contributed by atoms with Crippen molar-refractivity contribution in [3.63, 3.8) is 0 Å². The Balaban J connectivity index is 2.15. The molecule has 0 spiro atoms. The summed E-state index contributed by atoms with van der Waals surface area (Å²) in [6, 6.07) is 1.50. The molecular formula is C12H17ClN2O2S. The van der Waals surface area contributed by atoms with E-state index in [0.29, 0.717) is 5.92 Å². The Morgan fingerprint density at radius 1 is 1.44 bits per heavy atom. The summed E-state index contributed by atoms with van der Waals surface area (Å²) in [5, 5.41) is 0.210. The summed E-state index contributed by atoms with van der Waals surface area (Å²) in [4.78, 5) is 3.88. The highest BCUT2D eigenvalue weighted by molar-refractivity contribution is 7.89. The van der Waals surface area contributed by atoms with Gasteiger partial charge in [-0.1, -0.05) is 31.4 Å². The van der Waals surface area contributed by atoms with E-state index in [0.717, 1.165) is 19.3 Å². The van der Waals surface area contributed by atoms with Crippen LogP contribution in [0, 0.1) is 5.92 Å². The first-order valence-electron chi connectivity index (χ1n) is 6.11. The van der Waals surface area contributed by atoms with Crippen LogP contribution in [-0.4, -0.2) is 19.4 Å². The SMILES string of the molecule is CC1CCCC(NS(=O)(=O)c2cnccc2Cl)C1. The van der Waals surface area contributed by atoms with Gasteiger partial charge in [-0.3, -0.25) is 4.98 Å². The molecule has 100 valence electrons. The molecule has 0 aromatic carbocycles. The van der Waals surface area contributed by atoms with E-state index in [4.69, 9.17) is 11.6 Å². The molecule has 1 aromatic rings. The summed E-state index contributed by atoms with van der Waals surface area (Å²) < 4.78 is 27.1. The number of nitrogens with zero attached hydrogens (tertiary/aromatic N) is 1. The molecule has 0 radical (unpaired) electrons. The highest BCUT2D eigenvalue weighted by Gasteiger charge is 2.26. The molecule has 2 atom stereocenters. The van der Waals surface area contributed by atoms with Crippen LogP contribution in [0.15, 0.2) is 23.4 Å². The molecule has 0 bridgehead atoms. The van der Waals surface area contributed by atoms with Gasteiger partial charge in [-0.25, -0.2) is 13.1 Å². The number of halogens is 1. The van der Waals surface area contributed by atoms with Crippen molar-refractivity contribution in [2.45, 2.75) is 43.5 Å². The molecule has 1 heterocycles. The second kappa shape index (κ2) is 5.55. The summed E-state index contributed by atoms with van der Waals surface area (Å²) in [6.07, 6.45) is 6.78. The molecule has 1 aromatic heterocycles. The molecule has 6 heteroatoms. The lowest BCUT2D eigenvalue weighted by atomic mass is 9.88. The monoisotopic (exact) mass is 288 g/mol. The molecule has 0 aliphatic heterocycles. The quantitative estimate of drug-likeness (QED) is 0.930. The van der Waals surface area contributed by atoms with Crippen molar-refractivity contribution in [3.8, 4) is 0 Å². The maximum Gasteiger partial charge on any atom is 0.243 e. The Morgan fingerprint density at radius 2 is 2.22 bits per heavy atom. The van der Waals surface area contributed by atoms with Crippen LogP contribution in [0.5, 0.6) is 0 Å². The third-order valence-corrected chi connectivity index (χ3v) is 5.27. The van der Waals surface area contributed by atoms with Gasteiger partial charge in [0.1, 0.15) is 4.90 Å². The molecule has 18 heavy (non-hydrogen) atoms. The Bertz CT molecular complexity index is 519. The first kappa shape index (κ1) is 13.8. The zero-order valence-corrected chi connectivity index (χ0v) is 11.8. The lowest BCUT2D eigenvalue weighted by Crippen LogP contribution is -2.38. The van der Waals surface area contributed by atoms with Crippen LogP contribution in [0.1, 0.15) is 32.6 Å². The number of pyridine rings is 1. The minimum Gasteiger partial charge on any atom is -0.263 e. The molecule has 1 aliphatic carbocycles. The Hall–Kier alpha value is -0.650. The van der Waals surface area contributed by atoms with Gasteiger partial charge in [-0.05, 0) is 24.8 Å². The van der Waals surface area contributed by atoms with Gasteiger partial charge in [0.25, 0.3) is 0 Å². The van der Waals surface area contributed by atoms with E-state index in [-0.39, 0.29) is 16.0 Å². The number of hydrogen-bond donors (Lipinski definition) is 1. The third-order valence-electron chi connectivity index (χ3n) is 3.28. The number of aromatic nitrogens is 1. The van der Waals surface area contributed by atoms with Crippen molar-refractivity contribution in [2.24, 2.45) is 5.92 Å². The molecule has 1 aliphatic rings. The van der Waals surface area contributed by atoms with Crippen LogP contribution >= 0.6 is 11.6 Å². The standard InChI is InChI=1S/C12H17ClN2O2S/c1-9-3-2-4-10(7-9)15-18(16,17)12-8-14-6-5-11(12)13/h5-6,8-10,15H,2-4,7H2,1H3. The third kappa shape index (κ3) is 3.22. The van der Waals surface area contributed by atoms with Crippen molar-refractivity contribution in [1.29, 1.82) is 0 Å². The lowest BCUT2D eigenvalue weighted by molar-refractivity contribution is 0.327. The zero-order chi connectivity index (χ0) is 13.2. The topological polar surface area (TPSA) is 59.1 Å². The molecule has 2 rings (SSSR count). The molecule has 1 fully saturated rings. The van der Waals surface area contributed by atoms with Crippen molar-refractivity contribution in [1.82, 2.24) is 9.71 Å². The van der Waals surface area contributed by atoms with E-state index in [1.54, 1.807) is 0 Å². The molecule has 0 saturated heterocycles. The maximum absolute atomic E-state index is 12.2. The molecule has 2 unspecified atom stereocenters. The van der Waals surface area contributed by atoms with Crippen LogP contribution in [0.3, 0.4) is 0 Å². The highest BCUT2D eigenvalue weighted by atomic mass is 35.5. The predicted molar refractivity (Wildman–Crippen MR) is 71.0 cm³/mol. The molecular weight excluding hydrogens is 272 g/mol. The van der Waals surface area contributed by atoms with Gasteiger partial charge in [0.2, 0.25) is 10.0 Å². The largest absolute Gasteiger partial charge is 0.263 e. The number of nitrogens with one attached hydrogen (secondary N) is 1. The first-order chi connectivity index (χ1) is 8.49. The average Bonchev–Trinajstić information content (AvgIpc) is 2.28. The fraction of sp³-hybridized carbons (Fsp3) is 0.583. The van der Waals surface area contributed by atoms with Gasteiger partial charge in [-0.15, -0.1) is 0 Å². The summed E-state index contributed by atoms with van der Waals surface area (Å²) in [6.45, 7) is 2.15. The van der Waals surface area contributed by atoms with E-state index in [1.165, 1.54) is 24.9 Å². The number of rotatable bonds is 3. The van der Waals surface area contributed by atoms with Crippen molar-refractivity contribution in [2.75, 3.05) is 0 Å². The van der Waals surface area contributed by atoms with E-state index in [1.807, 2.05) is 0 Å². The van der Waals surface area contributed by atoms with Crippen LogP contribution in [-0.2, 0) is 10.0 Å². The molecule has 4 nitrogen and oxygen atoms in total. The van der Waals surface area contributed by atoms with Crippen LogP contribution in [0.4, 0.5) is 0 Å². The Labute approximate surface area is 113 Å². The normalized spacial score (nSPS) is 25.0.